The SMILES string of the molecule is Cc1ccc(NS(=O)(=O)c2ccc(Cl)c(C(=O)Nc3ccc(-c4nc5ccccc5[nH]4)cc3)c2)cc1C. The summed E-state index contributed by atoms with van der Waals surface area (Å²) in [7, 11) is -3.94. The minimum atomic E-state index is -3.94. The van der Waals surface area contributed by atoms with Gasteiger partial charge >= 0.3 is 0 Å². The Morgan fingerprint density at radius 1 is 0.865 bits per heavy atom. The molecule has 9 heteroatoms. The number of hydrogen-bond donors (Lipinski definition) is 3. The van der Waals surface area contributed by atoms with E-state index in [-0.39, 0.29) is 15.5 Å². The summed E-state index contributed by atoms with van der Waals surface area (Å²) in [5, 5.41) is 2.92. The minimum absolute atomic E-state index is 0.0472. The highest BCUT2D eigenvalue weighted by atomic mass is 35.5. The molecule has 37 heavy (non-hydrogen) atoms. The molecule has 0 radical (unpaired) electrons. The van der Waals surface area contributed by atoms with Crippen LogP contribution in [0.1, 0.15) is 21.5 Å². The highest BCUT2D eigenvalue weighted by Crippen LogP contribution is 2.26. The van der Waals surface area contributed by atoms with Gasteiger partial charge in [-0.1, -0.05) is 29.8 Å². The Kier molecular flexibility index (Phi) is 6.45. The number of rotatable bonds is 6. The first-order valence-electron chi connectivity index (χ1n) is 11.5. The van der Waals surface area contributed by atoms with Crippen molar-refractivity contribution in [2.24, 2.45) is 0 Å². The van der Waals surface area contributed by atoms with Crippen molar-refractivity contribution in [2.75, 3.05) is 10.0 Å². The van der Waals surface area contributed by atoms with Crippen molar-refractivity contribution in [2.45, 2.75) is 18.7 Å². The van der Waals surface area contributed by atoms with Crippen LogP contribution in [0, 0.1) is 13.8 Å². The lowest BCUT2D eigenvalue weighted by Crippen LogP contribution is -2.16. The maximum atomic E-state index is 13.0. The van der Waals surface area contributed by atoms with Gasteiger partial charge in [0.2, 0.25) is 0 Å². The average Bonchev–Trinajstić information content (AvgIpc) is 3.31. The summed E-state index contributed by atoms with van der Waals surface area (Å²) in [4.78, 5) is 20.8. The number of anilines is 2. The number of hydrogen-bond acceptors (Lipinski definition) is 4. The summed E-state index contributed by atoms with van der Waals surface area (Å²) in [5.74, 6) is 0.195. The first-order valence-corrected chi connectivity index (χ1v) is 13.3. The number of amides is 1. The second-order valence-corrected chi connectivity index (χ2v) is 10.8. The third-order valence-electron chi connectivity index (χ3n) is 6.06. The smallest absolute Gasteiger partial charge is 0.261 e. The summed E-state index contributed by atoms with van der Waals surface area (Å²) in [5.41, 5.74) is 5.69. The highest BCUT2D eigenvalue weighted by molar-refractivity contribution is 7.92. The Bertz CT molecular complexity index is 1710. The van der Waals surface area contributed by atoms with Crippen molar-refractivity contribution in [3.63, 3.8) is 0 Å². The lowest BCUT2D eigenvalue weighted by Gasteiger charge is -2.12. The molecule has 0 saturated carbocycles. The zero-order chi connectivity index (χ0) is 26.2. The van der Waals surface area contributed by atoms with Crippen molar-refractivity contribution in [3.8, 4) is 11.4 Å². The van der Waals surface area contributed by atoms with Gasteiger partial charge in [-0.3, -0.25) is 9.52 Å². The Hall–Kier alpha value is -4.14. The van der Waals surface area contributed by atoms with Gasteiger partial charge in [0.15, 0.2) is 0 Å². The van der Waals surface area contributed by atoms with Crippen LogP contribution in [0.4, 0.5) is 11.4 Å². The van der Waals surface area contributed by atoms with E-state index in [1.165, 1.54) is 18.2 Å². The van der Waals surface area contributed by atoms with Crippen LogP contribution >= 0.6 is 11.6 Å². The number of aryl methyl sites for hydroxylation is 2. The summed E-state index contributed by atoms with van der Waals surface area (Å²) in [6.45, 7) is 3.85. The third-order valence-corrected chi connectivity index (χ3v) is 7.77. The molecule has 5 aromatic rings. The maximum Gasteiger partial charge on any atom is 0.261 e. The van der Waals surface area contributed by atoms with Gasteiger partial charge in [0.25, 0.3) is 15.9 Å². The molecule has 0 saturated heterocycles. The minimum Gasteiger partial charge on any atom is -0.338 e. The van der Waals surface area contributed by atoms with E-state index in [1.807, 2.05) is 56.3 Å². The van der Waals surface area contributed by atoms with Crippen LogP contribution in [0.2, 0.25) is 5.02 Å². The number of para-hydroxylation sites is 2. The van der Waals surface area contributed by atoms with Gasteiger partial charge in [-0.15, -0.1) is 0 Å². The molecular formula is C28H23ClN4O3S. The molecule has 0 aliphatic rings. The predicted molar refractivity (Wildman–Crippen MR) is 148 cm³/mol. The van der Waals surface area contributed by atoms with Gasteiger partial charge in [0.05, 0.1) is 26.5 Å². The molecule has 7 nitrogen and oxygen atoms in total. The average molecular weight is 531 g/mol. The molecular weight excluding hydrogens is 508 g/mol. The van der Waals surface area contributed by atoms with Gasteiger partial charge in [-0.25, -0.2) is 13.4 Å². The van der Waals surface area contributed by atoms with Crippen LogP contribution in [0.25, 0.3) is 22.4 Å². The first-order chi connectivity index (χ1) is 17.7. The van der Waals surface area contributed by atoms with Gasteiger partial charge in [0, 0.05) is 16.9 Å². The standard InChI is InChI=1S/C28H23ClN4O3S/c1-17-7-10-21(15-18(17)2)33-37(35,36)22-13-14-24(29)23(16-22)28(34)30-20-11-8-19(9-12-20)27-31-25-5-3-4-6-26(25)32-27/h3-16,33H,1-2H3,(H,30,34)(H,31,32). The molecule has 3 N–H and O–H groups in total. The number of sulfonamides is 1. The second kappa shape index (κ2) is 9.72. The number of carbonyl (C=O) groups excluding carboxylic acids is 1. The number of aromatic amines is 1. The summed E-state index contributed by atoms with van der Waals surface area (Å²) in [6, 6.07) is 24.2. The van der Waals surface area contributed by atoms with E-state index >= 15 is 0 Å². The van der Waals surface area contributed by atoms with Gasteiger partial charge in [-0.2, -0.15) is 0 Å². The molecule has 0 spiro atoms. The van der Waals surface area contributed by atoms with E-state index in [1.54, 1.807) is 24.3 Å². The Balaban J connectivity index is 1.34. The number of carbonyl (C=O) groups is 1. The van der Waals surface area contributed by atoms with Crippen molar-refractivity contribution >= 4 is 49.9 Å². The number of imidazole rings is 1. The van der Waals surface area contributed by atoms with Crippen molar-refractivity contribution in [1.82, 2.24) is 9.97 Å². The van der Waals surface area contributed by atoms with E-state index in [9.17, 15) is 13.2 Å². The monoisotopic (exact) mass is 530 g/mol. The molecule has 0 aliphatic carbocycles. The first kappa shape index (κ1) is 24.5. The van der Waals surface area contributed by atoms with E-state index in [4.69, 9.17) is 11.6 Å². The molecule has 0 atom stereocenters. The topological polar surface area (TPSA) is 104 Å². The number of H-pyrrole nitrogens is 1. The Labute approximate surface area is 219 Å². The van der Waals surface area contributed by atoms with Crippen LogP contribution in [0.3, 0.4) is 0 Å². The third kappa shape index (κ3) is 5.21. The van der Waals surface area contributed by atoms with Crippen LogP contribution in [-0.4, -0.2) is 24.3 Å². The van der Waals surface area contributed by atoms with E-state index < -0.39 is 15.9 Å². The summed E-state index contributed by atoms with van der Waals surface area (Å²) < 4.78 is 28.5. The number of nitrogens with zero attached hydrogens (tertiary/aromatic N) is 1. The Morgan fingerprint density at radius 3 is 2.32 bits per heavy atom. The zero-order valence-electron chi connectivity index (χ0n) is 20.0. The van der Waals surface area contributed by atoms with E-state index in [0.29, 0.717) is 11.4 Å². The molecule has 0 fully saturated rings. The summed E-state index contributed by atoms with van der Waals surface area (Å²) in [6.07, 6.45) is 0. The van der Waals surface area contributed by atoms with Crippen LogP contribution in [0.15, 0.2) is 89.8 Å². The number of fused-ring (bicyclic) bond motifs is 1. The lowest BCUT2D eigenvalue weighted by atomic mass is 10.1. The molecule has 1 heterocycles. The zero-order valence-corrected chi connectivity index (χ0v) is 21.6. The number of nitrogens with one attached hydrogen (secondary N) is 3. The predicted octanol–water partition coefficient (Wildman–Crippen LogP) is 6.55. The van der Waals surface area contributed by atoms with E-state index in [2.05, 4.69) is 20.0 Å². The molecule has 0 aliphatic heterocycles. The molecule has 1 aromatic heterocycles. The van der Waals surface area contributed by atoms with Crippen LogP contribution in [0.5, 0.6) is 0 Å². The van der Waals surface area contributed by atoms with Crippen molar-refractivity contribution < 1.29 is 13.2 Å². The maximum absolute atomic E-state index is 13.0. The van der Waals surface area contributed by atoms with Gasteiger partial charge in [-0.05, 0) is 91.7 Å². The largest absolute Gasteiger partial charge is 0.338 e. The highest BCUT2D eigenvalue weighted by Gasteiger charge is 2.19. The fourth-order valence-electron chi connectivity index (χ4n) is 3.86. The fourth-order valence-corrected chi connectivity index (χ4v) is 5.14. The molecule has 0 unspecified atom stereocenters. The second-order valence-electron chi connectivity index (χ2n) is 8.68. The normalized spacial score (nSPS) is 11.4. The molecule has 0 bridgehead atoms. The van der Waals surface area contributed by atoms with Crippen LogP contribution in [-0.2, 0) is 10.0 Å². The number of benzene rings is 4. The Morgan fingerprint density at radius 2 is 1.59 bits per heavy atom. The fraction of sp³-hybridized carbons (Fsp3) is 0.0714. The molecule has 5 rings (SSSR count). The quantitative estimate of drug-likeness (QED) is 0.231. The molecule has 4 aromatic carbocycles. The van der Waals surface area contributed by atoms with Gasteiger partial charge < -0.3 is 10.3 Å². The van der Waals surface area contributed by atoms with E-state index in [0.717, 1.165) is 33.5 Å². The summed E-state index contributed by atoms with van der Waals surface area (Å²) >= 11 is 6.26. The number of aromatic nitrogens is 2. The van der Waals surface area contributed by atoms with Gasteiger partial charge in [0.1, 0.15) is 5.82 Å². The van der Waals surface area contributed by atoms with Crippen LogP contribution < -0.4 is 10.0 Å². The molecule has 1 amide bonds. The van der Waals surface area contributed by atoms with Crippen molar-refractivity contribution in [3.05, 3.63) is 107 Å². The lowest BCUT2D eigenvalue weighted by molar-refractivity contribution is 0.102. The van der Waals surface area contributed by atoms with Crippen molar-refractivity contribution in [1.29, 1.82) is 0 Å². The number of halogens is 1. The molecule has 186 valence electrons.